The van der Waals surface area contributed by atoms with Crippen molar-refractivity contribution in [3.63, 3.8) is 0 Å². The van der Waals surface area contributed by atoms with Crippen molar-refractivity contribution in [1.29, 1.82) is 0 Å². The lowest BCUT2D eigenvalue weighted by molar-refractivity contribution is 0.0152. The summed E-state index contributed by atoms with van der Waals surface area (Å²) in [4.78, 5) is 0. The number of methoxy groups -OCH3 is 1. The topological polar surface area (TPSA) is 38.7 Å². The SMILES string of the molecule is COCCOC(C)CCO. The molecule has 1 atom stereocenters. The second-order valence-electron chi connectivity index (χ2n) is 2.19. The summed E-state index contributed by atoms with van der Waals surface area (Å²) in [6.45, 7) is 3.35. The van der Waals surface area contributed by atoms with Crippen LogP contribution in [0.5, 0.6) is 0 Å². The predicted molar refractivity (Wildman–Crippen MR) is 39.0 cm³/mol. The number of aliphatic hydroxyl groups excluding tert-OH is 1. The molecule has 0 rings (SSSR count). The van der Waals surface area contributed by atoms with Crippen LogP contribution in [0.3, 0.4) is 0 Å². The van der Waals surface area contributed by atoms with Crippen molar-refractivity contribution in [1.82, 2.24) is 0 Å². The van der Waals surface area contributed by atoms with Gasteiger partial charge in [0.05, 0.1) is 19.3 Å². The van der Waals surface area contributed by atoms with E-state index in [2.05, 4.69) is 0 Å². The van der Waals surface area contributed by atoms with E-state index in [1.807, 2.05) is 6.92 Å². The summed E-state index contributed by atoms with van der Waals surface area (Å²) >= 11 is 0. The van der Waals surface area contributed by atoms with Gasteiger partial charge in [0.1, 0.15) is 0 Å². The number of rotatable bonds is 6. The first-order valence-corrected chi connectivity index (χ1v) is 3.52. The Morgan fingerprint density at radius 1 is 1.40 bits per heavy atom. The third-order valence-corrected chi connectivity index (χ3v) is 1.23. The molecule has 0 spiro atoms. The van der Waals surface area contributed by atoms with Crippen LogP contribution in [0.2, 0.25) is 0 Å². The van der Waals surface area contributed by atoms with Crippen LogP contribution in [0.15, 0.2) is 0 Å². The molecule has 0 aromatic rings. The highest BCUT2D eigenvalue weighted by Crippen LogP contribution is 1.94. The maximum Gasteiger partial charge on any atom is 0.0703 e. The first-order chi connectivity index (χ1) is 4.81. The Morgan fingerprint density at radius 3 is 2.60 bits per heavy atom. The van der Waals surface area contributed by atoms with E-state index in [1.54, 1.807) is 7.11 Å². The first-order valence-electron chi connectivity index (χ1n) is 3.52. The first kappa shape index (κ1) is 9.88. The fourth-order valence-electron chi connectivity index (χ4n) is 0.598. The normalized spacial score (nSPS) is 13.5. The van der Waals surface area contributed by atoms with Gasteiger partial charge in [0.15, 0.2) is 0 Å². The van der Waals surface area contributed by atoms with Crippen molar-refractivity contribution in [3.8, 4) is 0 Å². The monoisotopic (exact) mass is 148 g/mol. The van der Waals surface area contributed by atoms with Gasteiger partial charge in [-0.25, -0.2) is 0 Å². The molecule has 0 aliphatic rings. The van der Waals surface area contributed by atoms with Gasteiger partial charge in [0.25, 0.3) is 0 Å². The molecule has 0 fully saturated rings. The Morgan fingerprint density at radius 2 is 2.10 bits per heavy atom. The fraction of sp³-hybridized carbons (Fsp3) is 1.00. The van der Waals surface area contributed by atoms with E-state index < -0.39 is 0 Å². The van der Waals surface area contributed by atoms with Crippen LogP contribution >= 0.6 is 0 Å². The molecule has 0 radical (unpaired) electrons. The summed E-state index contributed by atoms with van der Waals surface area (Å²) < 4.78 is 10.0. The van der Waals surface area contributed by atoms with Gasteiger partial charge in [-0.15, -0.1) is 0 Å². The minimum absolute atomic E-state index is 0.139. The molecule has 3 nitrogen and oxygen atoms in total. The highest BCUT2D eigenvalue weighted by atomic mass is 16.5. The van der Waals surface area contributed by atoms with Gasteiger partial charge in [-0.3, -0.25) is 0 Å². The molecule has 62 valence electrons. The van der Waals surface area contributed by atoms with Crippen molar-refractivity contribution in [2.75, 3.05) is 26.9 Å². The molecular weight excluding hydrogens is 132 g/mol. The molecule has 10 heavy (non-hydrogen) atoms. The van der Waals surface area contributed by atoms with Crippen LogP contribution < -0.4 is 0 Å². The molecular formula is C7H16O3. The average molecular weight is 148 g/mol. The average Bonchev–Trinajstić information content (AvgIpc) is 1.89. The van der Waals surface area contributed by atoms with E-state index in [1.165, 1.54) is 0 Å². The molecule has 0 aliphatic heterocycles. The molecule has 0 aliphatic carbocycles. The summed E-state index contributed by atoms with van der Waals surface area (Å²) in [6.07, 6.45) is 0.837. The third kappa shape index (κ3) is 6.01. The lowest BCUT2D eigenvalue weighted by Gasteiger charge is -2.10. The van der Waals surface area contributed by atoms with Gasteiger partial charge < -0.3 is 14.6 Å². The molecule has 0 aromatic carbocycles. The Hall–Kier alpha value is -0.120. The highest BCUT2D eigenvalue weighted by Gasteiger charge is 1.98. The summed E-state index contributed by atoms with van der Waals surface area (Å²) in [5.74, 6) is 0. The molecule has 1 N–H and O–H groups in total. The molecule has 0 heterocycles. The second-order valence-corrected chi connectivity index (χ2v) is 2.19. The van der Waals surface area contributed by atoms with Crippen molar-refractivity contribution >= 4 is 0 Å². The Bertz CT molecular complexity index is 65.9. The smallest absolute Gasteiger partial charge is 0.0703 e. The minimum Gasteiger partial charge on any atom is -0.396 e. The largest absolute Gasteiger partial charge is 0.396 e. The lowest BCUT2D eigenvalue weighted by Crippen LogP contribution is -2.13. The second kappa shape index (κ2) is 6.99. The van der Waals surface area contributed by atoms with Crippen LogP contribution in [0, 0.1) is 0 Å². The van der Waals surface area contributed by atoms with E-state index in [0.29, 0.717) is 19.6 Å². The van der Waals surface area contributed by atoms with Gasteiger partial charge in [-0.05, 0) is 13.3 Å². The molecule has 0 aromatic heterocycles. The van der Waals surface area contributed by atoms with Gasteiger partial charge in [0.2, 0.25) is 0 Å². The Kier molecular flexibility index (Phi) is 6.91. The summed E-state index contributed by atoms with van der Waals surface area (Å²) in [5, 5.41) is 8.48. The molecule has 0 bridgehead atoms. The Balaban J connectivity index is 2.97. The maximum absolute atomic E-state index is 8.48. The summed E-state index contributed by atoms with van der Waals surface area (Å²) in [7, 11) is 1.64. The third-order valence-electron chi connectivity index (χ3n) is 1.23. The van der Waals surface area contributed by atoms with Crippen LogP contribution in [0.1, 0.15) is 13.3 Å². The minimum atomic E-state index is 0.139. The van der Waals surface area contributed by atoms with Gasteiger partial charge in [0, 0.05) is 13.7 Å². The highest BCUT2D eigenvalue weighted by molar-refractivity contribution is 4.47. The van der Waals surface area contributed by atoms with Crippen LogP contribution in [-0.2, 0) is 9.47 Å². The quantitative estimate of drug-likeness (QED) is 0.555. The molecule has 0 saturated heterocycles. The van der Waals surface area contributed by atoms with Gasteiger partial charge >= 0.3 is 0 Å². The van der Waals surface area contributed by atoms with E-state index in [9.17, 15) is 0 Å². The van der Waals surface area contributed by atoms with E-state index >= 15 is 0 Å². The number of ether oxygens (including phenoxy) is 2. The van der Waals surface area contributed by atoms with Crippen molar-refractivity contribution in [2.24, 2.45) is 0 Å². The van der Waals surface area contributed by atoms with E-state index in [4.69, 9.17) is 14.6 Å². The predicted octanol–water partition coefficient (Wildman–Crippen LogP) is 0.420. The van der Waals surface area contributed by atoms with Crippen molar-refractivity contribution in [3.05, 3.63) is 0 Å². The van der Waals surface area contributed by atoms with Crippen LogP contribution in [-0.4, -0.2) is 38.1 Å². The van der Waals surface area contributed by atoms with Gasteiger partial charge in [-0.1, -0.05) is 0 Å². The molecule has 1 unspecified atom stereocenters. The molecule has 3 heteroatoms. The number of hydrogen-bond acceptors (Lipinski definition) is 3. The maximum atomic E-state index is 8.48. The fourth-order valence-corrected chi connectivity index (χ4v) is 0.598. The standard InChI is InChI=1S/C7H16O3/c1-7(3-4-8)10-6-5-9-2/h7-8H,3-6H2,1-2H3. The molecule has 0 amide bonds. The zero-order valence-corrected chi connectivity index (χ0v) is 6.67. The lowest BCUT2D eigenvalue weighted by atomic mass is 10.3. The zero-order chi connectivity index (χ0) is 7.82. The summed E-state index contributed by atoms with van der Waals surface area (Å²) in [6, 6.07) is 0. The van der Waals surface area contributed by atoms with E-state index in [-0.39, 0.29) is 12.7 Å². The Labute approximate surface area is 62.0 Å². The van der Waals surface area contributed by atoms with Crippen LogP contribution in [0.4, 0.5) is 0 Å². The zero-order valence-electron chi connectivity index (χ0n) is 6.67. The number of hydrogen-bond donors (Lipinski definition) is 1. The summed E-state index contributed by atoms with van der Waals surface area (Å²) in [5.41, 5.74) is 0. The van der Waals surface area contributed by atoms with E-state index in [0.717, 1.165) is 0 Å². The van der Waals surface area contributed by atoms with Crippen molar-refractivity contribution < 1.29 is 14.6 Å². The van der Waals surface area contributed by atoms with Gasteiger partial charge in [-0.2, -0.15) is 0 Å². The van der Waals surface area contributed by atoms with Crippen molar-refractivity contribution in [2.45, 2.75) is 19.4 Å². The molecule has 0 saturated carbocycles. The van der Waals surface area contributed by atoms with Crippen LogP contribution in [0.25, 0.3) is 0 Å². The number of aliphatic hydroxyl groups is 1.